The van der Waals surface area contributed by atoms with Gasteiger partial charge in [-0.25, -0.2) is 8.42 Å². The maximum Gasteiger partial charge on any atom is 0.156 e. The third-order valence-electron chi connectivity index (χ3n) is 1.98. The molecule has 0 amide bonds. The summed E-state index contributed by atoms with van der Waals surface area (Å²) < 4.78 is 23.2. The van der Waals surface area contributed by atoms with Gasteiger partial charge in [0.05, 0.1) is 17.2 Å². The van der Waals surface area contributed by atoms with Crippen LogP contribution in [0.3, 0.4) is 0 Å². The van der Waals surface area contributed by atoms with Crippen LogP contribution in [0.1, 0.15) is 19.0 Å². The number of hydrogen-bond acceptors (Lipinski definition) is 4. The van der Waals surface area contributed by atoms with Crippen molar-refractivity contribution in [2.24, 2.45) is 5.73 Å². The van der Waals surface area contributed by atoms with Crippen LogP contribution in [0.15, 0.2) is 24.4 Å². The van der Waals surface area contributed by atoms with Gasteiger partial charge in [-0.2, -0.15) is 0 Å². The molecule has 4 nitrogen and oxygen atoms in total. The summed E-state index contributed by atoms with van der Waals surface area (Å²) in [7, 11) is -3.07. The van der Waals surface area contributed by atoms with Crippen molar-refractivity contribution in [2.45, 2.75) is 25.1 Å². The highest BCUT2D eigenvalue weighted by Gasteiger charge is 2.13. The number of rotatable bonds is 5. The van der Waals surface area contributed by atoms with Crippen molar-refractivity contribution in [1.29, 1.82) is 0 Å². The predicted octanol–water partition coefficient (Wildman–Crippen LogP) is 0.734. The molecule has 0 spiro atoms. The zero-order valence-corrected chi connectivity index (χ0v) is 9.57. The lowest BCUT2D eigenvalue weighted by atomic mass is 10.3. The Labute approximate surface area is 90.4 Å². The first-order valence-corrected chi connectivity index (χ1v) is 6.68. The van der Waals surface area contributed by atoms with Crippen molar-refractivity contribution in [1.82, 2.24) is 4.98 Å². The van der Waals surface area contributed by atoms with Crippen LogP contribution in [0.2, 0.25) is 0 Å². The average molecular weight is 228 g/mol. The van der Waals surface area contributed by atoms with E-state index in [1.165, 1.54) is 0 Å². The first kappa shape index (κ1) is 12.1. The summed E-state index contributed by atoms with van der Waals surface area (Å²) in [6, 6.07) is 5.17. The van der Waals surface area contributed by atoms with Crippen LogP contribution in [0.5, 0.6) is 0 Å². The van der Waals surface area contributed by atoms with E-state index in [9.17, 15) is 8.42 Å². The molecule has 1 unspecified atom stereocenters. The minimum absolute atomic E-state index is 0.000556. The lowest BCUT2D eigenvalue weighted by Crippen LogP contribution is -2.21. The van der Waals surface area contributed by atoms with E-state index < -0.39 is 9.84 Å². The van der Waals surface area contributed by atoms with Gasteiger partial charge in [0.2, 0.25) is 0 Å². The smallest absolute Gasteiger partial charge is 0.156 e. The highest BCUT2D eigenvalue weighted by Crippen LogP contribution is 2.05. The van der Waals surface area contributed by atoms with Gasteiger partial charge in [0.1, 0.15) is 0 Å². The minimum Gasteiger partial charge on any atom is -0.328 e. The second-order valence-electron chi connectivity index (χ2n) is 3.68. The van der Waals surface area contributed by atoms with Crippen LogP contribution < -0.4 is 5.73 Å². The van der Waals surface area contributed by atoms with E-state index in [4.69, 9.17) is 5.73 Å². The van der Waals surface area contributed by atoms with E-state index in [1.54, 1.807) is 31.3 Å². The third kappa shape index (κ3) is 4.90. The molecule has 0 bridgehead atoms. The molecule has 84 valence electrons. The number of nitrogens with zero attached hydrogens (tertiary/aromatic N) is 1. The molecule has 1 atom stereocenters. The first-order chi connectivity index (χ1) is 6.99. The third-order valence-corrected chi connectivity index (χ3v) is 3.57. The minimum atomic E-state index is -3.07. The summed E-state index contributed by atoms with van der Waals surface area (Å²) in [5.41, 5.74) is 6.10. The van der Waals surface area contributed by atoms with Gasteiger partial charge in [-0.05, 0) is 25.5 Å². The summed E-state index contributed by atoms with van der Waals surface area (Å²) in [6.07, 6.45) is 2.09. The second-order valence-corrected chi connectivity index (χ2v) is 5.86. The molecule has 5 heteroatoms. The molecule has 0 aromatic carbocycles. The maximum atomic E-state index is 11.6. The van der Waals surface area contributed by atoms with Gasteiger partial charge in [-0.1, -0.05) is 6.07 Å². The first-order valence-electron chi connectivity index (χ1n) is 4.85. The predicted molar refractivity (Wildman–Crippen MR) is 60.0 cm³/mol. The zero-order valence-electron chi connectivity index (χ0n) is 8.76. The Morgan fingerprint density at radius 2 is 2.20 bits per heavy atom. The molecular formula is C10H16N2O2S. The number of hydrogen-bond donors (Lipinski definition) is 1. The Morgan fingerprint density at radius 1 is 1.47 bits per heavy atom. The topological polar surface area (TPSA) is 73.1 Å². The van der Waals surface area contributed by atoms with Crippen LogP contribution >= 0.6 is 0 Å². The van der Waals surface area contributed by atoms with Crippen LogP contribution in [0.25, 0.3) is 0 Å². The molecule has 1 aromatic heterocycles. The van der Waals surface area contributed by atoms with Crippen LogP contribution in [-0.2, 0) is 15.6 Å². The van der Waals surface area contributed by atoms with E-state index in [-0.39, 0.29) is 17.5 Å². The zero-order chi connectivity index (χ0) is 11.3. The molecule has 0 fully saturated rings. The van der Waals surface area contributed by atoms with Gasteiger partial charge in [0.15, 0.2) is 9.84 Å². The van der Waals surface area contributed by atoms with E-state index in [0.717, 1.165) is 0 Å². The number of aromatic nitrogens is 1. The van der Waals surface area contributed by atoms with Gasteiger partial charge in [-0.3, -0.25) is 4.98 Å². The van der Waals surface area contributed by atoms with Crippen molar-refractivity contribution in [2.75, 3.05) is 5.75 Å². The van der Waals surface area contributed by atoms with Crippen molar-refractivity contribution in [3.8, 4) is 0 Å². The van der Waals surface area contributed by atoms with Crippen LogP contribution in [0.4, 0.5) is 0 Å². The maximum absolute atomic E-state index is 11.6. The summed E-state index contributed by atoms with van der Waals surface area (Å²) in [5.74, 6) is 0.127. The van der Waals surface area contributed by atoms with Gasteiger partial charge in [0.25, 0.3) is 0 Å². The molecule has 1 aromatic rings. The Hall–Kier alpha value is -0.940. The Kier molecular flexibility index (Phi) is 4.23. The monoisotopic (exact) mass is 228 g/mol. The van der Waals surface area contributed by atoms with E-state index >= 15 is 0 Å². The summed E-state index contributed by atoms with van der Waals surface area (Å²) in [5, 5.41) is 0. The Bertz CT molecular complexity index is 387. The fourth-order valence-electron chi connectivity index (χ4n) is 1.15. The molecule has 0 aliphatic rings. The molecule has 1 rings (SSSR count). The SMILES string of the molecule is CC(N)CCS(=O)(=O)Cc1ccccn1. The fraction of sp³-hybridized carbons (Fsp3) is 0.500. The summed E-state index contributed by atoms with van der Waals surface area (Å²) in [6.45, 7) is 1.80. The fourth-order valence-corrected chi connectivity index (χ4v) is 2.64. The molecule has 0 aliphatic heterocycles. The normalized spacial score (nSPS) is 13.7. The number of pyridine rings is 1. The molecule has 0 radical (unpaired) electrons. The molecule has 2 N–H and O–H groups in total. The standard InChI is InChI=1S/C10H16N2O2S/c1-9(11)5-7-15(13,14)8-10-4-2-3-6-12-10/h2-4,6,9H,5,7-8,11H2,1H3. The van der Waals surface area contributed by atoms with Crippen molar-refractivity contribution in [3.05, 3.63) is 30.1 Å². The lowest BCUT2D eigenvalue weighted by molar-refractivity contribution is 0.586. The molecule has 1 heterocycles. The van der Waals surface area contributed by atoms with Gasteiger partial charge in [0, 0.05) is 12.2 Å². The largest absolute Gasteiger partial charge is 0.328 e. The van der Waals surface area contributed by atoms with E-state index in [1.807, 2.05) is 0 Å². The second kappa shape index (κ2) is 5.23. The van der Waals surface area contributed by atoms with Crippen molar-refractivity contribution >= 4 is 9.84 Å². The van der Waals surface area contributed by atoms with Gasteiger partial charge >= 0.3 is 0 Å². The molecular weight excluding hydrogens is 212 g/mol. The number of nitrogens with two attached hydrogens (primary N) is 1. The van der Waals surface area contributed by atoms with Gasteiger partial charge in [-0.15, -0.1) is 0 Å². The van der Waals surface area contributed by atoms with Crippen molar-refractivity contribution in [3.63, 3.8) is 0 Å². The Morgan fingerprint density at radius 3 is 2.73 bits per heavy atom. The Balaban J connectivity index is 2.57. The van der Waals surface area contributed by atoms with E-state index in [2.05, 4.69) is 4.98 Å². The lowest BCUT2D eigenvalue weighted by Gasteiger charge is -2.06. The summed E-state index contributed by atoms with van der Waals surface area (Å²) in [4.78, 5) is 3.98. The number of sulfone groups is 1. The van der Waals surface area contributed by atoms with Crippen LogP contribution in [0, 0.1) is 0 Å². The van der Waals surface area contributed by atoms with Crippen LogP contribution in [-0.4, -0.2) is 25.2 Å². The highest BCUT2D eigenvalue weighted by atomic mass is 32.2. The van der Waals surface area contributed by atoms with E-state index in [0.29, 0.717) is 12.1 Å². The van der Waals surface area contributed by atoms with Gasteiger partial charge < -0.3 is 5.73 Å². The average Bonchev–Trinajstić information content (AvgIpc) is 2.16. The highest BCUT2D eigenvalue weighted by molar-refractivity contribution is 7.90. The molecule has 15 heavy (non-hydrogen) atoms. The summed E-state index contributed by atoms with van der Waals surface area (Å²) >= 11 is 0. The molecule has 0 aliphatic carbocycles. The molecule has 0 saturated heterocycles. The molecule has 0 saturated carbocycles. The quantitative estimate of drug-likeness (QED) is 0.806. The van der Waals surface area contributed by atoms with Crippen molar-refractivity contribution < 1.29 is 8.42 Å².